The molecule has 1 aliphatic rings. The van der Waals surface area contributed by atoms with Crippen LogP contribution in [0.4, 0.5) is 18.9 Å². The minimum atomic E-state index is -3.67. The molecule has 1 aliphatic carbocycles. The zero-order chi connectivity index (χ0) is 24.2. The number of nitrogens with one attached hydrogen (secondary N) is 1. The molecule has 1 N–H and O–H groups in total. The van der Waals surface area contributed by atoms with Gasteiger partial charge in [0.2, 0.25) is 5.91 Å². The van der Waals surface area contributed by atoms with Gasteiger partial charge in [0.25, 0.3) is 0 Å². The molecule has 4 aromatic rings. The molecule has 0 aliphatic heterocycles. The van der Waals surface area contributed by atoms with Crippen molar-refractivity contribution in [1.29, 1.82) is 0 Å². The molecule has 5 rings (SSSR count). The summed E-state index contributed by atoms with van der Waals surface area (Å²) in [6.45, 7) is -3.67. The minimum Gasteiger partial charge on any atom is -0.494 e. The van der Waals surface area contributed by atoms with E-state index in [2.05, 4.69) is 20.4 Å². The standard InChI is InChI=1S/C23H21N5O2.CHF3/c1-28-12-17(21(27-28)14-6-4-3-5-7-14)22-16-10-19(26-23(29)15-8-9-15)20(30-2)11-18(16)24-13-25-22;2-1(3)4/h3-7,10-13,15H,8-9H2,1-2H3,(H,26,29);1H. The number of amides is 1. The number of carbonyl (C=O) groups is 1. The highest BCUT2D eigenvalue weighted by molar-refractivity contribution is 6.02. The molecule has 0 atom stereocenters. The van der Waals surface area contributed by atoms with Crippen molar-refractivity contribution in [2.24, 2.45) is 13.0 Å². The second-order valence-corrected chi connectivity index (χ2v) is 7.73. The maximum Gasteiger partial charge on any atom is 0.379 e. The van der Waals surface area contributed by atoms with E-state index in [0.717, 1.165) is 46.3 Å². The third kappa shape index (κ3) is 5.16. The molecule has 34 heavy (non-hydrogen) atoms. The SMILES string of the molecule is COc1cc2ncnc(-c3cn(C)nc3-c3ccccc3)c2cc1NC(=O)C1CC1.FC(F)F. The highest BCUT2D eigenvalue weighted by Gasteiger charge is 2.30. The Kier molecular flexibility index (Phi) is 6.76. The van der Waals surface area contributed by atoms with E-state index in [4.69, 9.17) is 4.74 Å². The smallest absolute Gasteiger partial charge is 0.379 e. The largest absolute Gasteiger partial charge is 0.494 e. The minimum absolute atomic E-state index is 0.0254. The van der Waals surface area contributed by atoms with Gasteiger partial charge in [-0.3, -0.25) is 9.48 Å². The number of alkyl halides is 3. The van der Waals surface area contributed by atoms with Crippen LogP contribution in [0.3, 0.4) is 0 Å². The fraction of sp³-hybridized carbons (Fsp3) is 0.250. The van der Waals surface area contributed by atoms with Crippen LogP contribution in [-0.2, 0) is 11.8 Å². The summed E-state index contributed by atoms with van der Waals surface area (Å²) >= 11 is 0. The molecule has 0 spiro atoms. The number of nitrogens with zero attached hydrogens (tertiary/aromatic N) is 4. The van der Waals surface area contributed by atoms with Crippen LogP contribution in [0.1, 0.15) is 12.8 Å². The Balaban J connectivity index is 0.000000636. The number of aromatic nitrogens is 4. The highest BCUT2D eigenvalue weighted by atomic mass is 19.4. The molecule has 0 unspecified atom stereocenters. The lowest BCUT2D eigenvalue weighted by Crippen LogP contribution is -2.14. The van der Waals surface area contributed by atoms with Crippen molar-refractivity contribution in [1.82, 2.24) is 19.7 Å². The number of halogens is 3. The lowest BCUT2D eigenvalue weighted by molar-refractivity contribution is -0.117. The van der Waals surface area contributed by atoms with Gasteiger partial charge in [0.15, 0.2) is 0 Å². The summed E-state index contributed by atoms with van der Waals surface area (Å²) in [5, 5.41) is 8.50. The van der Waals surface area contributed by atoms with E-state index in [-0.39, 0.29) is 11.8 Å². The molecule has 0 bridgehead atoms. The molecule has 10 heteroatoms. The zero-order valence-corrected chi connectivity index (χ0v) is 18.5. The van der Waals surface area contributed by atoms with Crippen molar-refractivity contribution in [2.45, 2.75) is 19.5 Å². The molecular weight excluding hydrogens is 447 g/mol. The Labute approximate surface area is 193 Å². The summed E-state index contributed by atoms with van der Waals surface area (Å²) in [7, 11) is 3.48. The summed E-state index contributed by atoms with van der Waals surface area (Å²) in [5.41, 5.74) is 4.89. The Morgan fingerprint density at radius 1 is 1.12 bits per heavy atom. The van der Waals surface area contributed by atoms with Crippen LogP contribution in [0.25, 0.3) is 33.4 Å². The molecule has 0 radical (unpaired) electrons. The van der Waals surface area contributed by atoms with E-state index < -0.39 is 6.68 Å². The fourth-order valence-corrected chi connectivity index (χ4v) is 3.62. The van der Waals surface area contributed by atoms with Gasteiger partial charge < -0.3 is 10.1 Å². The second kappa shape index (κ2) is 9.90. The first-order valence-electron chi connectivity index (χ1n) is 10.5. The maximum atomic E-state index is 12.4. The van der Waals surface area contributed by atoms with Gasteiger partial charge in [-0.25, -0.2) is 9.97 Å². The number of carbonyl (C=O) groups excluding carboxylic acids is 1. The average molecular weight is 469 g/mol. The molecular formula is C24H22F3N5O2. The summed E-state index contributed by atoms with van der Waals surface area (Å²) in [5.74, 6) is 0.702. The number of aryl methyl sites for hydroxylation is 1. The summed E-state index contributed by atoms with van der Waals surface area (Å²) < 4.78 is 36.3. The Bertz CT molecular complexity index is 1300. The predicted octanol–water partition coefficient (Wildman–Crippen LogP) is 5.23. The first-order valence-corrected chi connectivity index (χ1v) is 10.5. The van der Waals surface area contributed by atoms with Gasteiger partial charge in [-0.1, -0.05) is 30.3 Å². The topological polar surface area (TPSA) is 81.9 Å². The van der Waals surface area contributed by atoms with E-state index in [1.165, 1.54) is 0 Å². The van der Waals surface area contributed by atoms with Crippen molar-refractivity contribution in [3.05, 3.63) is 55.0 Å². The number of ether oxygens (including phenoxy) is 1. The average Bonchev–Trinajstić information content (AvgIpc) is 3.60. The van der Waals surface area contributed by atoms with Crippen LogP contribution in [-0.4, -0.2) is 39.4 Å². The molecule has 1 fully saturated rings. The van der Waals surface area contributed by atoms with Gasteiger partial charge >= 0.3 is 6.68 Å². The van der Waals surface area contributed by atoms with E-state index in [1.54, 1.807) is 18.1 Å². The van der Waals surface area contributed by atoms with Crippen molar-refractivity contribution in [3.63, 3.8) is 0 Å². The molecule has 2 heterocycles. The highest BCUT2D eigenvalue weighted by Crippen LogP contribution is 2.38. The lowest BCUT2D eigenvalue weighted by atomic mass is 10.0. The van der Waals surface area contributed by atoms with Crippen LogP contribution in [0.2, 0.25) is 0 Å². The molecule has 7 nitrogen and oxygen atoms in total. The van der Waals surface area contributed by atoms with Crippen molar-refractivity contribution >= 4 is 22.5 Å². The van der Waals surface area contributed by atoms with Gasteiger partial charge in [0.05, 0.1) is 24.0 Å². The predicted molar refractivity (Wildman–Crippen MR) is 122 cm³/mol. The molecule has 1 saturated carbocycles. The van der Waals surface area contributed by atoms with Crippen molar-refractivity contribution < 1.29 is 22.7 Å². The Morgan fingerprint density at radius 2 is 1.82 bits per heavy atom. The molecule has 2 aromatic carbocycles. The zero-order valence-electron chi connectivity index (χ0n) is 18.5. The van der Waals surface area contributed by atoms with Crippen molar-refractivity contribution in [2.75, 3.05) is 12.4 Å². The lowest BCUT2D eigenvalue weighted by Gasteiger charge is -2.13. The van der Waals surface area contributed by atoms with E-state index in [0.29, 0.717) is 11.4 Å². The molecule has 0 saturated heterocycles. The number of fused-ring (bicyclic) bond motifs is 1. The van der Waals surface area contributed by atoms with Crippen LogP contribution in [0.5, 0.6) is 5.75 Å². The normalized spacial score (nSPS) is 12.9. The van der Waals surface area contributed by atoms with Gasteiger partial charge in [-0.05, 0) is 18.9 Å². The summed E-state index contributed by atoms with van der Waals surface area (Å²) in [6, 6.07) is 13.7. The van der Waals surface area contributed by atoms with Gasteiger partial charge in [0, 0.05) is 41.7 Å². The quantitative estimate of drug-likeness (QED) is 0.433. The van der Waals surface area contributed by atoms with Gasteiger partial charge in [-0.2, -0.15) is 18.3 Å². The maximum absolute atomic E-state index is 12.4. The van der Waals surface area contributed by atoms with Gasteiger partial charge in [-0.15, -0.1) is 0 Å². The van der Waals surface area contributed by atoms with Crippen LogP contribution < -0.4 is 10.1 Å². The van der Waals surface area contributed by atoms with E-state index in [1.807, 2.05) is 55.7 Å². The molecule has 1 amide bonds. The number of benzene rings is 2. The summed E-state index contributed by atoms with van der Waals surface area (Å²) in [6.07, 6.45) is 5.37. The third-order valence-electron chi connectivity index (χ3n) is 5.29. The first kappa shape index (κ1) is 23.2. The van der Waals surface area contributed by atoms with Crippen LogP contribution in [0.15, 0.2) is 55.0 Å². The van der Waals surface area contributed by atoms with Crippen LogP contribution in [0, 0.1) is 5.92 Å². The van der Waals surface area contributed by atoms with Crippen molar-refractivity contribution in [3.8, 4) is 28.3 Å². The number of methoxy groups -OCH3 is 1. The second-order valence-electron chi connectivity index (χ2n) is 7.73. The number of hydrogen-bond acceptors (Lipinski definition) is 5. The third-order valence-corrected chi connectivity index (χ3v) is 5.29. The van der Waals surface area contributed by atoms with Crippen LogP contribution >= 0.6 is 0 Å². The van der Waals surface area contributed by atoms with E-state index in [9.17, 15) is 18.0 Å². The molecule has 2 aromatic heterocycles. The number of rotatable bonds is 5. The fourth-order valence-electron chi connectivity index (χ4n) is 3.62. The number of hydrogen-bond donors (Lipinski definition) is 1. The monoisotopic (exact) mass is 469 g/mol. The molecule has 176 valence electrons. The van der Waals surface area contributed by atoms with Gasteiger partial charge in [0.1, 0.15) is 17.8 Å². The van der Waals surface area contributed by atoms with E-state index >= 15 is 0 Å². The summed E-state index contributed by atoms with van der Waals surface area (Å²) in [4.78, 5) is 21.4. The first-order chi connectivity index (χ1) is 16.4. The Morgan fingerprint density at radius 3 is 2.47 bits per heavy atom. The Hall–Kier alpha value is -3.95. The number of anilines is 1.